The molecule has 2 aromatic rings. The molecule has 1 amide bonds. The molecule has 2 rings (SSSR count). The molecule has 0 spiro atoms. The first-order valence-electron chi connectivity index (χ1n) is 4.88. The Morgan fingerprint density at radius 3 is 2.81 bits per heavy atom. The number of anilines is 1. The van der Waals surface area contributed by atoms with E-state index in [1.54, 1.807) is 31.3 Å². The van der Waals surface area contributed by atoms with Crippen LogP contribution in [0.1, 0.15) is 16.1 Å². The largest absolute Gasteiger partial charge is 0.357 e. The number of hydrogen-bond acceptors (Lipinski definition) is 1. The van der Waals surface area contributed by atoms with Gasteiger partial charge in [-0.2, -0.15) is 0 Å². The number of H-pyrrole nitrogens is 1. The Hall–Kier alpha value is -2.10. The molecule has 0 saturated heterocycles. The van der Waals surface area contributed by atoms with Crippen LogP contribution in [-0.4, -0.2) is 10.9 Å². The maximum Gasteiger partial charge on any atom is 0.272 e. The summed E-state index contributed by atoms with van der Waals surface area (Å²) in [5.41, 5.74) is 1.56. The van der Waals surface area contributed by atoms with Crippen molar-refractivity contribution in [3.63, 3.8) is 0 Å². The second-order valence-electron chi connectivity index (χ2n) is 3.50. The number of nitrogens with one attached hydrogen (secondary N) is 2. The Kier molecular flexibility index (Phi) is 2.72. The molecule has 0 bridgehead atoms. The fourth-order valence-electron chi connectivity index (χ4n) is 1.39. The topological polar surface area (TPSA) is 44.9 Å². The van der Waals surface area contributed by atoms with Gasteiger partial charge in [-0.05, 0) is 42.8 Å². The van der Waals surface area contributed by atoms with E-state index in [1.165, 1.54) is 12.1 Å². The van der Waals surface area contributed by atoms with E-state index in [9.17, 15) is 9.18 Å². The molecular formula is C12H11FN2O. The second kappa shape index (κ2) is 4.18. The smallest absolute Gasteiger partial charge is 0.272 e. The number of halogens is 1. The third-order valence-electron chi connectivity index (χ3n) is 2.26. The first-order valence-corrected chi connectivity index (χ1v) is 4.88. The van der Waals surface area contributed by atoms with Crippen LogP contribution in [0.15, 0.2) is 36.5 Å². The minimum absolute atomic E-state index is 0.240. The third kappa shape index (κ3) is 2.11. The molecular weight excluding hydrogens is 207 g/mol. The molecule has 16 heavy (non-hydrogen) atoms. The standard InChI is InChI=1S/C12H11FN2O/c1-8-7-9(4-5-10(8)13)15-12(16)11-3-2-6-14-11/h2-7,14H,1H3,(H,15,16). The number of carbonyl (C=O) groups excluding carboxylic acids is 1. The maximum atomic E-state index is 13.0. The van der Waals surface area contributed by atoms with Crippen LogP contribution in [0.2, 0.25) is 0 Å². The number of benzene rings is 1. The summed E-state index contributed by atoms with van der Waals surface area (Å²) in [5.74, 6) is -0.520. The zero-order valence-corrected chi connectivity index (χ0v) is 8.75. The van der Waals surface area contributed by atoms with Gasteiger partial charge in [0, 0.05) is 11.9 Å². The molecule has 0 unspecified atom stereocenters. The highest BCUT2D eigenvalue weighted by Crippen LogP contribution is 2.14. The molecule has 4 heteroatoms. The summed E-state index contributed by atoms with van der Waals surface area (Å²) in [6, 6.07) is 7.87. The van der Waals surface area contributed by atoms with Gasteiger partial charge in [0.15, 0.2) is 0 Å². The summed E-state index contributed by atoms with van der Waals surface area (Å²) >= 11 is 0. The molecule has 0 atom stereocenters. The number of aromatic amines is 1. The van der Waals surface area contributed by atoms with Gasteiger partial charge in [0.05, 0.1) is 0 Å². The molecule has 2 N–H and O–H groups in total. The summed E-state index contributed by atoms with van der Waals surface area (Å²) in [6.07, 6.45) is 1.67. The minimum Gasteiger partial charge on any atom is -0.357 e. The van der Waals surface area contributed by atoms with Gasteiger partial charge >= 0.3 is 0 Å². The summed E-state index contributed by atoms with van der Waals surface area (Å²) in [5, 5.41) is 2.68. The number of amides is 1. The Morgan fingerprint density at radius 1 is 1.38 bits per heavy atom. The van der Waals surface area contributed by atoms with E-state index in [2.05, 4.69) is 10.3 Å². The van der Waals surface area contributed by atoms with Gasteiger partial charge in [-0.15, -0.1) is 0 Å². The average molecular weight is 218 g/mol. The van der Waals surface area contributed by atoms with E-state index in [1.807, 2.05) is 0 Å². The first-order chi connectivity index (χ1) is 7.66. The minimum atomic E-state index is -0.280. The number of carbonyl (C=O) groups is 1. The molecule has 0 aliphatic carbocycles. The zero-order valence-electron chi connectivity index (χ0n) is 8.75. The highest BCUT2D eigenvalue weighted by atomic mass is 19.1. The van der Waals surface area contributed by atoms with Crippen LogP contribution < -0.4 is 5.32 Å². The summed E-state index contributed by atoms with van der Waals surface area (Å²) in [4.78, 5) is 14.4. The van der Waals surface area contributed by atoms with Crippen molar-refractivity contribution in [1.29, 1.82) is 0 Å². The SMILES string of the molecule is Cc1cc(NC(=O)c2ccc[nH]2)ccc1F. The van der Waals surface area contributed by atoms with E-state index in [0.717, 1.165) is 0 Å². The van der Waals surface area contributed by atoms with Crippen molar-refractivity contribution in [3.05, 3.63) is 53.6 Å². The van der Waals surface area contributed by atoms with Gasteiger partial charge in [0.25, 0.3) is 5.91 Å². The zero-order chi connectivity index (χ0) is 11.5. The van der Waals surface area contributed by atoms with E-state index >= 15 is 0 Å². The molecule has 0 saturated carbocycles. The van der Waals surface area contributed by atoms with Crippen molar-refractivity contribution in [2.24, 2.45) is 0 Å². The molecule has 1 aromatic carbocycles. The fraction of sp³-hybridized carbons (Fsp3) is 0.0833. The first kappa shape index (κ1) is 10.4. The Balaban J connectivity index is 2.15. The lowest BCUT2D eigenvalue weighted by Gasteiger charge is -2.05. The van der Waals surface area contributed by atoms with Crippen LogP contribution in [0, 0.1) is 12.7 Å². The maximum absolute atomic E-state index is 13.0. The van der Waals surface area contributed by atoms with Crippen molar-refractivity contribution >= 4 is 11.6 Å². The van der Waals surface area contributed by atoms with Gasteiger partial charge < -0.3 is 10.3 Å². The quantitative estimate of drug-likeness (QED) is 0.799. The predicted octanol–water partition coefficient (Wildman–Crippen LogP) is 2.71. The average Bonchev–Trinajstić information content (AvgIpc) is 2.77. The summed E-state index contributed by atoms with van der Waals surface area (Å²) in [7, 11) is 0. The monoisotopic (exact) mass is 218 g/mol. The van der Waals surface area contributed by atoms with E-state index < -0.39 is 0 Å². The molecule has 1 heterocycles. The predicted molar refractivity (Wildman–Crippen MR) is 59.9 cm³/mol. The van der Waals surface area contributed by atoms with Gasteiger partial charge in [-0.25, -0.2) is 4.39 Å². The fourth-order valence-corrected chi connectivity index (χ4v) is 1.39. The lowest BCUT2D eigenvalue weighted by Crippen LogP contribution is -2.12. The molecule has 3 nitrogen and oxygen atoms in total. The van der Waals surface area contributed by atoms with Crippen LogP contribution >= 0.6 is 0 Å². The second-order valence-corrected chi connectivity index (χ2v) is 3.50. The molecule has 82 valence electrons. The number of rotatable bonds is 2. The van der Waals surface area contributed by atoms with Gasteiger partial charge in [0.2, 0.25) is 0 Å². The lowest BCUT2D eigenvalue weighted by molar-refractivity contribution is 0.102. The van der Waals surface area contributed by atoms with Crippen molar-refractivity contribution < 1.29 is 9.18 Å². The number of aryl methyl sites for hydroxylation is 1. The van der Waals surface area contributed by atoms with Gasteiger partial charge in [0.1, 0.15) is 11.5 Å². The summed E-state index contributed by atoms with van der Waals surface area (Å²) < 4.78 is 13.0. The number of aromatic nitrogens is 1. The van der Waals surface area contributed by atoms with Crippen LogP contribution in [0.5, 0.6) is 0 Å². The molecule has 0 fully saturated rings. The van der Waals surface area contributed by atoms with E-state index in [0.29, 0.717) is 16.9 Å². The van der Waals surface area contributed by atoms with Crippen LogP contribution in [0.4, 0.5) is 10.1 Å². The van der Waals surface area contributed by atoms with E-state index in [4.69, 9.17) is 0 Å². The Bertz CT molecular complexity index is 506. The highest BCUT2D eigenvalue weighted by molar-refractivity contribution is 6.02. The molecule has 0 aliphatic rings. The van der Waals surface area contributed by atoms with Crippen LogP contribution in [0.25, 0.3) is 0 Å². The summed E-state index contributed by atoms with van der Waals surface area (Å²) in [6.45, 7) is 1.65. The van der Waals surface area contributed by atoms with Crippen molar-refractivity contribution in [2.45, 2.75) is 6.92 Å². The van der Waals surface area contributed by atoms with Gasteiger partial charge in [-0.1, -0.05) is 0 Å². The number of hydrogen-bond donors (Lipinski definition) is 2. The van der Waals surface area contributed by atoms with Crippen LogP contribution in [0.3, 0.4) is 0 Å². The van der Waals surface area contributed by atoms with Gasteiger partial charge in [-0.3, -0.25) is 4.79 Å². The van der Waals surface area contributed by atoms with Crippen molar-refractivity contribution in [2.75, 3.05) is 5.32 Å². The third-order valence-corrected chi connectivity index (χ3v) is 2.26. The Morgan fingerprint density at radius 2 is 2.19 bits per heavy atom. The van der Waals surface area contributed by atoms with Crippen molar-refractivity contribution in [1.82, 2.24) is 4.98 Å². The Labute approximate surface area is 92.3 Å². The van der Waals surface area contributed by atoms with Crippen LogP contribution in [-0.2, 0) is 0 Å². The highest BCUT2D eigenvalue weighted by Gasteiger charge is 2.06. The molecule has 1 aromatic heterocycles. The normalized spacial score (nSPS) is 10.1. The molecule has 0 aliphatic heterocycles. The van der Waals surface area contributed by atoms with E-state index in [-0.39, 0.29) is 11.7 Å². The lowest BCUT2D eigenvalue weighted by atomic mass is 10.2. The molecule has 0 radical (unpaired) electrons. The van der Waals surface area contributed by atoms with Crippen molar-refractivity contribution in [3.8, 4) is 0 Å².